The van der Waals surface area contributed by atoms with Crippen molar-refractivity contribution < 1.29 is 19.0 Å². The molecule has 3 nitrogen and oxygen atoms in total. The molecule has 106 valence electrons. The molecule has 2 rings (SSSR count). The van der Waals surface area contributed by atoms with Crippen LogP contribution in [-0.4, -0.2) is 31.0 Å². The zero-order valence-corrected chi connectivity index (χ0v) is 11.3. The zero-order valence-electron chi connectivity index (χ0n) is 11.3. The van der Waals surface area contributed by atoms with Crippen molar-refractivity contribution in [2.75, 3.05) is 19.8 Å². The van der Waals surface area contributed by atoms with Crippen molar-refractivity contribution in [3.63, 3.8) is 0 Å². The van der Waals surface area contributed by atoms with E-state index >= 15 is 0 Å². The van der Waals surface area contributed by atoms with Gasteiger partial charge in [-0.3, -0.25) is 0 Å². The summed E-state index contributed by atoms with van der Waals surface area (Å²) >= 11 is 0. The van der Waals surface area contributed by atoms with Crippen LogP contribution in [0, 0.1) is 5.82 Å². The monoisotopic (exact) mass is 268 g/mol. The summed E-state index contributed by atoms with van der Waals surface area (Å²) in [5.74, 6) is -0.291. The van der Waals surface area contributed by atoms with Crippen molar-refractivity contribution in [1.29, 1.82) is 0 Å². The number of rotatable bonds is 5. The highest BCUT2D eigenvalue weighted by atomic mass is 19.1. The van der Waals surface area contributed by atoms with Crippen LogP contribution in [0.1, 0.15) is 37.0 Å². The molecule has 1 heterocycles. The first-order chi connectivity index (χ1) is 9.24. The number of aryl methyl sites for hydroxylation is 1. The molecule has 1 aromatic carbocycles. The summed E-state index contributed by atoms with van der Waals surface area (Å²) in [6.45, 7) is 3.26. The summed E-state index contributed by atoms with van der Waals surface area (Å²) in [6.07, 6.45) is 2.08. The fourth-order valence-electron chi connectivity index (χ4n) is 2.45. The molecular weight excluding hydrogens is 247 g/mol. The summed E-state index contributed by atoms with van der Waals surface area (Å²) in [6, 6.07) is 4.69. The lowest BCUT2D eigenvalue weighted by atomic mass is 10.00. The van der Waals surface area contributed by atoms with E-state index in [1.54, 1.807) is 6.07 Å². The van der Waals surface area contributed by atoms with Gasteiger partial charge in [0.2, 0.25) is 0 Å². The highest BCUT2D eigenvalue weighted by Gasteiger charge is 2.22. The van der Waals surface area contributed by atoms with E-state index in [-0.39, 0.29) is 18.5 Å². The molecule has 1 aliphatic rings. The van der Waals surface area contributed by atoms with Crippen LogP contribution in [0.2, 0.25) is 0 Å². The molecule has 0 bridgehead atoms. The predicted octanol–water partition coefficient (Wildman–Crippen LogP) is 2.62. The van der Waals surface area contributed by atoms with Gasteiger partial charge in [-0.1, -0.05) is 13.0 Å². The van der Waals surface area contributed by atoms with E-state index < -0.39 is 6.10 Å². The Morgan fingerprint density at radius 2 is 2.16 bits per heavy atom. The molecule has 0 amide bonds. The van der Waals surface area contributed by atoms with Crippen LogP contribution in [0.25, 0.3) is 0 Å². The van der Waals surface area contributed by atoms with E-state index in [4.69, 9.17) is 9.47 Å². The second kappa shape index (κ2) is 6.98. The number of benzene rings is 1. The lowest BCUT2D eigenvalue weighted by Crippen LogP contribution is -2.27. The Morgan fingerprint density at radius 3 is 2.79 bits per heavy atom. The average Bonchev–Trinajstić information content (AvgIpc) is 2.46. The molecule has 1 saturated heterocycles. The molecular formula is C15H21FO3. The van der Waals surface area contributed by atoms with Gasteiger partial charge in [-0.2, -0.15) is 0 Å². The van der Waals surface area contributed by atoms with Gasteiger partial charge in [-0.15, -0.1) is 0 Å². The smallest absolute Gasteiger partial charge is 0.123 e. The van der Waals surface area contributed by atoms with E-state index in [0.29, 0.717) is 13.2 Å². The Labute approximate surface area is 113 Å². The summed E-state index contributed by atoms with van der Waals surface area (Å²) in [5, 5.41) is 9.54. The van der Waals surface area contributed by atoms with Crippen LogP contribution < -0.4 is 0 Å². The third-order valence-corrected chi connectivity index (χ3v) is 3.53. The number of aliphatic hydroxyl groups is 1. The Morgan fingerprint density at radius 1 is 1.42 bits per heavy atom. The first-order valence-corrected chi connectivity index (χ1v) is 6.87. The Hall–Kier alpha value is -0.970. The SMILES string of the molecule is CCc1ccc(F)cc1C(CO)OC1CCOCC1. The summed E-state index contributed by atoms with van der Waals surface area (Å²) in [5.41, 5.74) is 1.78. The number of hydrogen-bond acceptors (Lipinski definition) is 3. The normalized spacial score (nSPS) is 18.5. The van der Waals surface area contributed by atoms with Crippen LogP contribution in [-0.2, 0) is 15.9 Å². The highest BCUT2D eigenvalue weighted by molar-refractivity contribution is 5.30. The highest BCUT2D eigenvalue weighted by Crippen LogP contribution is 2.26. The Bertz CT molecular complexity index is 402. The maximum absolute atomic E-state index is 13.4. The first-order valence-electron chi connectivity index (χ1n) is 6.87. The number of hydrogen-bond donors (Lipinski definition) is 1. The average molecular weight is 268 g/mol. The fourth-order valence-corrected chi connectivity index (χ4v) is 2.45. The van der Waals surface area contributed by atoms with Crippen molar-refractivity contribution in [3.8, 4) is 0 Å². The third kappa shape index (κ3) is 3.75. The summed E-state index contributed by atoms with van der Waals surface area (Å²) in [7, 11) is 0. The van der Waals surface area contributed by atoms with Crippen molar-refractivity contribution >= 4 is 0 Å². The predicted molar refractivity (Wildman–Crippen MR) is 70.5 cm³/mol. The van der Waals surface area contributed by atoms with Gasteiger partial charge in [0, 0.05) is 13.2 Å². The molecule has 0 aliphatic carbocycles. The van der Waals surface area contributed by atoms with Crippen molar-refractivity contribution in [2.24, 2.45) is 0 Å². The first kappa shape index (κ1) is 14.4. The minimum absolute atomic E-state index is 0.0823. The van der Waals surface area contributed by atoms with E-state index in [9.17, 15) is 9.50 Å². The molecule has 1 aromatic rings. The second-order valence-electron chi connectivity index (χ2n) is 4.82. The van der Waals surface area contributed by atoms with Crippen LogP contribution in [0.15, 0.2) is 18.2 Å². The van der Waals surface area contributed by atoms with Gasteiger partial charge in [0.05, 0.1) is 12.7 Å². The molecule has 1 aliphatic heterocycles. The lowest BCUT2D eigenvalue weighted by molar-refractivity contribution is -0.0851. The van der Waals surface area contributed by atoms with E-state index in [1.807, 2.05) is 6.92 Å². The molecule has 0 saturated carbocycles. The molecule has 0 radical (unpaired) electrons. The van der Waals surface area contributed by atoms with Crippen molar-refractivity contribution in [1.82, 2.24) is 0 Å². The lowest BCUT2D eigenvalue weighted by Gasteiger charge is -2.28. The van der Waals surface area contributed by atoms with Gasteiger partial charge in [0.15, 0.2) is 0 Å². The van der Waals surface area contributed by atoms with Crippen LogP contribution >= 0.6 is 0 Å². The molecule has 0 spiro atoms. The van der Waals surface area contributed by atoms with Crippen LogP contribution in [0.3, 0.4) is 0 Å². The second-order valence-corrected chi connectivity index (χ2v) is 4.82. The van der Waals surface area contributed by atoms with Gasteiger partial charge in [0.25, 0.3) is 0 Å². The maximum Gasteiger partial charge on any atom is 0.123 e. The molecule has 19 heavy (non-hydrogen) atoms. The summed E-state index contributed by atoms with van der Waals surface area (Å²) < 4.78 is 24.6. The van der Waals surface area contributed by atoms with Gasteiger partial charge < -0.3 is 14.6 Å². The van der Waals surface area contributed by atoms with E-state index in [2.05, 4.69) is 0 Å². The van der Waals surface area contributed by atoms with E-state index in [0.717, 1.165) is 30.4 Å². The minimum Gasteiger partial charge on any atom is -0.393 e. The third-order valence-electron chi connectivity index (χ3n) is 3.53. The van der Waals surface area contributed by atoms with Crippen LogP contribution in [0.5, 0.6) is 0 Å². The fraction of sp³-hybridized carbons (Fsp3) is 0.600. The van der Waals surface area contributed by atoms with Crippen molar-refractivity contribution in [2.45, 2.75) is 38.4 Å². The number of ether oxygens (including phenoxy) is 2. The van der Waals surface area contributed by atoms with Crippen molar-refractivity contribution in [3.05, 3.63) is 35.1 Å². The number of halogens is 1. The maximum atomic E-state index is 13.4. The molecule has 1 N–H and O–H groups in total. The van der Waals surface area contributed by atoms with Crippen LogP contribution in [0.4, 0.5) is 4.39 Å². The topological polar surface area (TPSA) is 38.7 Å². The summed E-state index contributed by atoms with van der Waals surface area (Å²) in [4.78, 5) is 0. The standard InChI is InChI=1S/C15H21FO3/c1-2-11-3-4-12(16)9-14(11)15(10-17)19-13-5-7-18-8-6-13/h3-4,9,13,15,17H,2,5-8,10H2,1H3. The Balaban J connectivity index is 2.13. The zero-order chi connectivity index (χ0) is 13.7. The molecule has 4 heteroatoms. The van der Waals surface area contributed by atoms with Gasteiger partial charge in [-0.25, -0.2) is 4.39 Å². The minimum atomic E-state index is -0.450. The molecule has 1 unspecified atom stereocenters. The van der Waals surface area contributed by atoms with Gasteiger partial charge in [-0.05, 0) is 42.5 Å². The Kier molecular flexibility index (Phi) is 5.31. The molecule has 0 aromatic heterocycles. The van der Waals surface area contributed by atoms with E-state index in [1.165, 1.54) is 12.1 Å². The molecule has 1 fully saturated rings. The van der Waals surface area contributed by atoms with Gasteiger partial charge in [0.1, 0.15) is 11.9 Å². The number of aliphatic hydroxyl groups excluding tert-OH is 1. The molecule has 1 atom stereocenters. The van der Waals surface area contributed by atoms with Gasteiger partial charge >= 0.3 is 0 Å². The quantitative estimate of drug-likeness (QED) is 0.892. The largest absolute Gasteiger partial charge is 0.393 e.